The number of benzene rings is 1. The highest BCUT2D eigenvalue weighted by Crippen LogP contribution is 2.32. The lowest BCUT2D eigenvalue weighted by molar-refractivity contribution is -0.176. The number of carbonyl (C=O) groups excluding carboxylic acids is 2. The predicted molar refractivity (Wildman–Crippen MR) is 135 cm³/mol. The molecule has 0 radical (unpaired) electrons. The Kier molecular flexibility index (Phi) is 9.64. The number of thiazole rings is 1. The van der Waals surface area contributed by atoms with Gasteiger partial charge >= 0.3 is 12.4 Å². The van der Waals surface area contributed by atoms with Gasteiger partial charge in [-0.2, -0.15) is 31.6 Å². The smallest absolute Gasteiger partial charge is 0.360 e. The highest BCUT2D eigenvalue weighted by Gasteiger charge is 2.46. The molecular formula is C24H24F6N6O3S. The van der Waals surface area contributed by atoms with Gasteiger partial charge in [-0.25, -0.2) is 0 Å². The number of nitrogens with one attached hydrogen (secondary N) is 3. The normalized spacial score (nSPS) is 17.4. The van der Waals surface area contributed by atoms with Crippen molar-refractivity contribution in [3.05, 3.63) is 43.8 Å². The van der Waals surface area contributed by atoms with Gasteiger partial charge in [0.15, 0.2) is 5.57 Å². The molecule has 40 heavy (non-hydrogen) atoms. The molecule has 3 rings (SSSR count). The monoisotopic (exact) mass is 590 g/mol. The van der Waals surface area contributed by atoms with Crippen LogP contribution in [0.25, 0.3) is 11.8 Å². The molecule has 0 bridgehead atoms. The van der Waals surface area contributed by atoms with Crippen LogP contribution in [0.2, 0.25) is 0 Å². The number of halogens is 6. The zero-order valence-corrected chi connectivity index (χ0v) is 21.8. The summed E-state index contributed by atoms with van der Waals surface area (Å²) in [7, 11) is 0. The Balaban J connectivity index is 1.79. The first-order valence-electron chi connectivity index (χ1n) is 11.9. The van der Waals surface area contributed by atoms with Crippen molar-refractivity contribution >= 4 is 46.3 Å². The lowest BCUT2D eigenvalue weighted by Crippen LogP contribution is -2.44. The first kappa shape index (κ1) is 30.7. The highest BCUT2D eigenvalue weighted by molar-refractivity contribution is 7.07. The molecule has 2 amide bonds. The van der Waals surface area contributed by atoms with E-state index in [-0.39, 0.29) is 34.4 Å². The zero-order valence-electron chi connectivity index (χ0n) is 20.9. The van der Waals surface area contributed by atoms with Gasteiger partial charge in [-0.05, 0) is 44.5 Å². The number of aromatic nitrogens is 1. The van der Waals surface area contributed by atoms with Crippen LogP contribution in [0.4, 0.5) is 37.7 Å². The molecule has 1 atom stereocenters. The Morgan fingerprint density at radius 2 is 1.90 bits per heavy atom. The van der Waals surface area contributed by atoms with Crippen LogP contribution in [0.3, 0.4) is 0 Å². The quantitative estimate of drug-likeness (QED) is 0.406. The summed E-state index contributed by atoms with van der Waals surface area (Å²) in [4.78, 5) is 38.5. The minimum atomic E-state index is -4.69. The molecule has 0 saturated carbocycles. The van der Waals surface area contributed by atoms with E-state index < -0.39 is 54.4 Å². The molecule has 2 heterocycles. The molecule has 1 aromatic carbocycles. The Bertz CT molecular complexity index is 1470. The first-order valence-corrected chi connectivity index (χ1v) is 12.7. The van der Waals surface area contributed by atoms with Crippen molar-refractivity contribution in [3.8, 4) is 6.07 Å². The Morgan fingerprint density at radius 1 is 1.20 bits per heavy atom. The minimum Gasteiger partial charge on any atom is -0.360 e. The van der Waals surface area contributed by atoms with Crippen LogP contribution < -0.4 is 30.7 Å². The van der Waals surface area contributed by atoms with Crippen LogP contribution in [0.1, 0.15) is 19.8 Å². The number of hydrogen-bond acceptors (Lipinski definition) is 7. The van der Waals surface area contributed by atoms with Gasteiger partial charge in [0.05, 0.1) is 6.54 Å². The Labute approximate surface area is 227 Å². The SMILES string of the molecule is CCn1c(=C(C#N)C(=O)NCC(F)(F)F)sc(=CNc2cccc(NC(=O)CN3CCCC3C(F)(F)F)c2)c1=O. The molecule has 0 spiro atoms. The number of nitrogens with zero attached hydrogens (tertiary/aromatic N) is 3. The lowest BCUT2D eigenvalue weighted by atomic mass is 10.2. The molecule has 1 aliphatic heterocycles. The number of alkyl halides is 6. The van der Waals surface area contributed by atoms with Gasteiger partial charge in [-0.1, -0.05) is 6.07 Å². The number of rotatable bonds is 8. The van der Waals surface area contributed by atoms with Crippen molar-refractivity contribution in [3.63, 3.8) is 0 Å². The van der Waals surface area contributed by atoms with E-state index in [0.29, 0.717) is 12.1 Å². The van der Waals surface area contributed by atoms with Gasteiger partial charge < -0.3 is 16.0 Å². The van der Waals surface area contributed by atoms with E-state index in [1.165, 1.54) is 18.3 Å². The zero-order chi connectivity index (χ0) is 29.7. The summed E-state index contributed by atoms with van der Waals surface area (Å²) in [5, 5.41) is 16.4. The summed E-state index contributed by atoms with van der Waals surface area (Å²) in [6.07, 6.45) is -7.57. The van der Waals surface area contributed by atoms with E-state index in [1.54, 1.807) is 30.4 Å². The van der Waals surface area contributed by atoms with E-state index in [9.17, 15) is 46.0 Å². The molecule has 216 valence electrons. The van der Waals surface area contributed by atoms with Gasteiger partial charge in [0.2, 0.25) is 5.91 Å². The molecule has 0 aliphatic carbocycles. The molecule has 1 aromatic heterocycles. The van der Waals surface area contributed by atoms with Crippen molar-refractivity contribution in [1.82, 2.24) is 14.8 Å². The summed E-state index contributed by atoms with van der Waals surface area (Å²) >= 11 is 0.723. The molecule has 16 heteroatoms. The van der Waals surface area contributed by atoms with Crippen molar-refractivity contribution in [1.29, 1.82) is 5.26 Å². The minimum absolute atomic E-state index is 0.0317. The number of anilines is 2. The van der Waals surface area contributed by atoms with Gasteiger partial charge in [-0.3, -0.25) is 23.9 Å². The maximum Gasteiger partial charge on any atom is 0.405 e. The maximum atomic E-state index is 13.1. The Morgan fingerprint density at radius 3 is 2.52 bits per heavy atom. The van der Waals surface area contributed by atoms with Crippen LogP contribution in [0, 0.1) is 11.3 Å². The molecule has 1 aliphatic rings. The standard InChI is InChI=1S/C24H24F6N6O3S/c1-2-36-21(39)17(40-22(36)16(10-31)20(38)33-13-23(25,26)27)11-32-14-5-3-6-15(9-14)34-19(37)12-35-8-4-7-18(35)24(28,29)30/h3,5-6,9,11,18,32H,2,4,7-8,12-13H2,1H3,(H,33,38)(H,34,37). The fourth-order valence-corrected chi connectivity index (χ4v) is 5.15. The van der Waals surface area contributed by atoms with Crippen LogP contribution in [0.5, 0.6) is 0 Å². The summed E-state index contributed by atoms with van der Waals surface area (Å²) in [6.45, 7) is -0.336. The second-order valence-electron chi connectivity index (χ2n) is 8.69. The molecule has 9 nitrogen and oxygen atoms in total. The van der Waals surface area contributed by atoms with E-state index in [1.807, 2.05) is 0 Å². The van der Waals surface area contributed by atoms with Crippen LogP contribution >= 0.6 is 11.3 Å². The fourth-order valence-electron chi connectivity index (χ4n) is 4.06. The molecule has 2 aromatic rings. The van der Waals surface area contributed by atoms with Crippen molar-refractivity contribution in [2.24, 2.45) is 0 Å². The number of amides is 2. The van der Waals surface area contributed by atoms with E-state index in [4.69, 9.17) is 0 Å². The second-order valence-corrected chi connectivity index (χ2v) is 9.72. The summed E-state index contributed by atoms with van der Waals surface area (Å²) in [6, 6.07) is 6.02. The third-order valence-corrected chi connectivity index (χ3v) is 6.96. The number of hydrogen-bond donors (Lipinski definition) is 3. The second kappa shape index (κ2) is 12.6. The molecular weight excluding hydrogens is 566 g/mol. The van der Waals surface area contributed by atoms with Gasteiger partial charge in [0.1, 0.15) is 27.9 Å². The average Bonchev–Trinajstić information content (AvgIpc) is 3.45. The first-order chi connectivity index (χ1) is 18.7. The van der Waals surface area contributed by atoms with E-state index in [2.05, 4.69) is 10.6 Å². The molecule has 1 saturated heterocycles. The van der Waals surface area contributed by atoms with E-state index in [0.717, 1.165) is 20.8 Å². The van der Waals surface area contributed by atoms with Crippen molar-refractivity contribution in [2.45, 2.75) is 44.7 Å². The average molecular weight is 591 g/mol. The molecule has 3 N–H and O–H groups in total. The van der Waals surface area contributed by atoms with Crippen LogP contribution in [-0.4, -0.2) is 59.3 Å². The van der Waals surface area contributed by atoms with Gasteiger partial charge in [0.25, 0.3) is 11.5 Å². The number of likely N-dealkylation sites (tertiary alicyclic amines) is 1. The van der Waals surface area contributed by atoms with Gasteiger partial charge in [0, 0.05) is 24.1 Å². The number of nitriles is 1. The summed E-state index contributed by atoms with van der Waals surface area (Å²) < 4.78 is 77.8. The van der Waals surface area contributed by atoms with Gasteiger partial charge in [-0.15, -0.1) is 11.3 Å². The molecule has 1 fully saturated rings. The maximum absolute atomic E-state index is 13.1. The Hall–Kier alpha value is -3.84. The lowest BCUT2D eigenvalue weighted by Gasteiger charge is -2.25. The largest absolute Gasteiger partial charge is 0.405 e. The van der Waals surface area contributed by atoms with Crippen LogP contribution in [-0.2, 0) is 16.1 Å². The predicted octanol–water partition coefficient (Wildman–Crippen LogP) is 2.10. The summed E-state index contributed by atoms with van der Waals surface area (Å²) in [5.74, 6) is -1.91. The van der Waals surface area contributed by atoms with E-state index >= 15 is 0 Å². The van der Waals surface area contributed by atoms with Crippen LogP contribution in [0.15, 0.2) is 29.1 Å². The fraction of sp³-hybridized carbons (Fsp3) is 0.417. The third-order valence-electron chi connectivity index (χ3n) is 5.83. The van der Waals surface area contributed by atoms with Crippen molar-refractivity contribution < 1.29 is 35.9 Å². The highest BCUT2D eigenvalue weighted by atomic mass is 32.1. The third kappa shape index (κ3) is 7.85. The van der Waals surface area contributed by atoms with Crippen molar-refractivity contribution in [2.75, 3.05) is 30.3 Å². The topological polar surface area (TPSA) is 119 Å². The number of carbonyl (C=O) groups is 2. The molecule has 1 unspecified atom stereocenters. The summed E-state index contributed by atoms with van der Waals surface area (Å²) in [5.41, 5.74) is -0.577.